The third-order valence-corrected chi connectivity index (χ3v) is 2.69. The first kappa shape index (κ1) is 11.5. The van der Waals surface area contributed by atoms with Gasteiger partial charge in [0.05, 0.1) is 6.54 Å². The monoisotopic (exact) mass is 199 g/mol. The van der Waals surface area contributed by atoms with E-state index in [0.29, 0.717) is 11.5 Å². The normalized spacial score (nSPS) is 24.1. The Kier molecular flexibility index (Phi) is 3.53. The van der Waals surface area contributed by atoms with Gasteiger partial charge in [-0.25, -0.2) is 0 Å². The van der Waals surface area contributed by atoms with Crippen molar-refractivity contribution in [3.05, 3.63) is 0 Å². The quantitative estimate of drug-likeness (QED) is 0.755. The van der Waals surface area contributed by atoms with Crippen LogP contribution >= 0.6 is 0 Å². The third kappa shape index (κ3) is 3.66. The van der Waals surface area contributed by atoms with Crippen LogP contribution in [-0.4, -0.2) is 35.1 Å². The lowest BCUT2D eigenvalue weighted by molar-refractivity contribution is -0.138. The average Bonchev–Trinajstić information content (AvgIpc) is 2.32. The molecule has 1 heterocycles. The molecule has 82 valence electrons. The maximum absolute atomic E-state index is 10.6. The highest BCUT2D eigenvalue weighted by molar-refractivity contribution is 5.69. The first-order valence-electron chi connectivity index (χ1n) is 5.34. The van der Waals surface area contributed by atoms with Gasteiger partial charge in [-0.2, -0.15) is 0 Å². The Hall–Kier alpha value is -0.570. The van der Waals surface area contributed by atoms with Crippen molar-refractivity contribution in [2.45, 2.75) is 46.1 Å². The van der Waals surface area contributed by atoms with Crippen LogP contribution in [0.4, 0.5) is 0 Å². The van der Waals surface area contributed by atoms with Gasteiger partial charge in [-0.3, -0.25) is 9.69 Å². The summed E-state index contributed by atoms with van der Waals surface area (Å²) in [6.07, 6.45) is 3.40. The SMILES string of the molecule is CC(C)(C)CC1CCCN1CC(=O)O. The smallest absolute Gasteiger partial charge is 0.317 e. The molecule has 0 bridgehead atoms. The zero-order chi connectivity index (χ0) is 10.8. The molecule has 1 atom stereocenters. The Labute approximate surface area is 86.1 Å². The van der Waals surface area contributed by atoms with Crippen molar-refractivity contribution in [2.24, 2.45) is 5.41 Å². The molecule has 1 rings (SSSR count). The standard InChI is InChI=1S/C11H21NO2/c1-11(2,3)7-9-5-4-6-12(9)8-10(13)14/h9H,4-8H2,1-3H3,(H,13,14). The molecule has 1 aliphatic heterocycles. The van der Waals surface area contributed by atoms with Gasteiger partial charge in [0.1, 0.15) is 0 Å². The van der Waals surface area contributed by atoms with Gasteiger partial charge in [-0.15, -0.1) is 0 Å². The molecule has 1 unspecified atom stereocenters. The molecular formula is C11H21NO2. The summed E-state index contributed by atoms with van der Waals surface area (Å²) in [6.45, 7) is 7.80. The summed E-state index contributed by atoms with van der Waals surface area (Å²) in [7, 11) is 0. The molecule has 14 heavy (non-hydrogen) atoms. The minimum Gasteiger partial charge on any atom is -0.480 e. The van der Waals surface area contributed by atoms with Crippen LogP contribution in [0.3, 0.4) is 0 Å². The number of hydrogen-bond acceptors (Lipinski definition) is 2. The van der Waals surface area contributed by atoms with Gasteiger partial charge in [0.15, 0.2) is 0 Å². The van der Waals surface area contributed by atoms with Crippen molar-refractivity contribution in [2.75, 3.05) is 13.1 Å². The van der Waals surface area contributed by atoms with E-state index in [9.17, 15) is 4.79 Å². The van der Waals surface area contributed by atoms with Gasteiger partial charge in [0.2, 0.25) is 0 Å². The van der Waals surface area contributed by atoms with Crippen LogP contribution in [-0.2, 0) is 4.79 Å². The van der Waals surface area contributed by atoms with Crippen molar-refractivity contribution in [3.63, 3.8) is 0 Å². The minimum absolute atomic E-state index is 0.209. The second-order valence-corrected chi connectivity index (χ2v) is 5.43. The van der Waals surface area contributed by atoms with E-state index in [0.717, 1.165) is 25.8 Å². The summed E-state index contributed by atoms with van der Waals surface area (Å²) in [6, 6.07) is 0.478. The predicted molar refractivity (Wildman–Crippen MR) is 56.3 cm³/mol. The molecule has 1 N–H and O–H groups in total. The van der Waals surface area contributed by atoms with Crippen molar-refractivity contribution in [3.8, 4) is 0 Å². The lowest BCUT2D eigenvalue weighted by Crippen LogP contribution is -2.36. The molecule has 0 aromatic carbocycles. The van der Waals surface area contributed by atoms with Crippen molar-refractivity contribution in [1.29, 1.82) is 0 Å². The number of carbonyl (C=O) groups is 1. The zero-order valence-electron chi connectivity index (χ0n) is 9.42. The number of hydrogen-bond donors (Lipinski definition) is 1. The number of aliphatic carboxylic acids is 1. The highest BCUT2D eigenvalue weighted by Gasteiger charge is 2.29. The van der Waals surface area contributed by atoms with Crippen LogP contribution in [0, 0.1) is 5.41 Å². The summed E-state index contributed by atoms with van der Waals surface area (Å²) in [5, 5.41) is 8.75. The molecule has 0 amide bonds. The van der Waals surface area contributed by atoms with Crippen LogP contribution in [0.1, 0.15) is 40.0 Å². The number of carboxylic acids is 1. The van der Waals surface area contributed by atoms with Crippen LogP contribution in [0.25, 0.3) is 0 Å². The zero-order valence-corrected chi connectivity index (χ0v) is 9.42. The van der Waals surface area contributed by atoms with Gasteiger partial charge in [-0.1, -0.05) is 20.8 Å². The van der Waals surface area contributed by atoms with E-state index >= 15 is 0 Å². The van der Waals surface area contributed by atoms with Crippen LogP contribution in [0.2, 0.25) is 0 Å². The van der Waals surface area contributed by atoms with E-state index < -0.39 is 5.97 Å². The molecule has 0 saturated carbocycles. The van der Waals surface area contributed by atoms with E-state index in [1.807, 2.05) is 0 Å². The molecule has 3 heteroatoms. The highest BCUT2D eigenvalue weighted by Crippen LogP contribution is 2.29. The molecule has 3 nitrogen and oxygen atoms in total. The Bertz CT molecular complexity index is 208. The van der Waals surface area contributed by atoms with E-state index in [2.05, 4.69) is 25.7 Å². The van der Waals surface area contributed by atoms with Gasteiger partial charge in [0, 0.05) is 6.04 Å². The summed E-state index contributed by atoms with van der Waals surface area (Å²) in [4.78, 5) is 12.7. The molecule has 0 aromatic rings. The van der Waals surface area contributed by atoms with Crippen LogP contribution < -0.4 is 0 Å². The topological polar surface area (TPSA) is 40.5 Å². The van der Waals surface area contributed by atoms with Crippen LogP contribution in [0.5, 0.6) is 0 Å². The second-order valence-electron chi connectivity index (χ2n) is 5.43. The Morgan fingerprint density at radius 2 is 2.14 bits per heavy atom. The first-order valence-corrected chi connectivity index (χ1v) is 5.34. The maximum Gasteiger partial charge on any atom is 0.317 e. The molecule has 0 aliphatic carbocycles. The molecule has 1 saturated heterocycles. The summed E-state index contributed by atoms with van der Waals surface area (Å²) in [5.74, 6) is -0.703. The number of nitrogens with zero attached hydrogens (tertiary/aromatic N) is 1. The largest absolute Gasteiger partial charge is 0.480 e. The fraction of sp³-hybridized carbons (Fsp3) is 0.909. The fourth-order valence-corrected chi connectivity index (χ4v) is 2.22. The van der Waals surface area contributed by atoms with E-state index in [-0.39, 0.29) is 6.54 Å². The number of likely N-dealkylation sites (tertiary alicyclic amines) is 1. The molecule has 1 fully saturated rings. The van der Waals surface area contributed by atoms with Gasteiger partial charge in [0.25, 0.3) is 0 Å². The van der Waals surface area contributed by atoms with Crippen molar-refractivity contribution in [1.82, 2.24) is 4.90 Å². The number of rotatable bonds is 3. The molecular weight excluding hydrogens is 178 g/mol. The van der Waals surface area contributed by atoms with E-state index in [1.54, 1.807) is 0 Å². The fourth-order valence-electron chi connectivity index (χ4n) is 2.22. The lowest BCUT2D eigenvalue weighted by atomic mass is 9.87. The van der Waals surface area contributed by atoms with Crippen molar-refractivity contribution < 1.29 is 9.90 Å². The molecule has 0 radical (unpaired) electrons. The van der Waals surface area contributed by atoms with E-state index in [4.69, 9.17) is 5.11 Å². The minimum atomic E-state index is -0.703. The Morgan fingerprint density at radius 3 is 2.64 bits per heavy atom. The Morgan fingerprint density at radius 1 is 1.50 bits per heavy atom. The van der Waals surface area contributed by atoms with Gasteiger partial charge < -0.3 is 5.11 Å². The van der Waals surface area contributed by atoms with E-state index in [1.165, 1.54) is 0 Å². The molecule has 0 spiro atoms. The second kappa shape index (κ2) is 4.30. The summed E-state index contributed by atoms with van der Waals surface area (Å²) in [5.41, 5.74) is 0.297. The molecule has 0 aromatic heterocycles. The molecule has 1 aliphatic rings. The number of carboxylic acid groups (broad SMARTS) is 1. The lowest BCUT2D eigenvalue weighted by Gasteiger charge is -2.29. The third-order valence-electron chi connectivity index (χ3n) is 2.69. The summed E-state index contributed by atoms with van der Waals surface area (Å²) < 4.78 is 0. The highest BCUT2D eigenvalue weighted by atomic mass is 16.4. The van der Waals surface area contributed by atoms with Gasteiger partial charge in [-0.05, 0) is 31.2 Å². The maximum atomic E-state index is 10.6. The average molecular weight is 199 g/mol. The predicted octanol–water partition coefficient (Wildman–Crippen LogP) is 1.97. The van der Waals surface area contributed by atoms with Crippen LogP contribution in [0.15, 0.2) is 0 Å². The first-order chi connectivity index (χ1) is 6.38. The summed E-state index contributed by atoms with van der Waals surface area (Å²) >= 11 is 0. The van der Waals surface area contributed by atoms with Gasteiger partial charge >= 0.3 is 5.97 Å². The van der Waals surface area contributed by atoms with Crippen molar-refractivity contribution >= 4 is 5.97 Å². The Balaban J connectivity index is 2.47.